The smallest absolute Gasteiger partial charge is 0.182 e. The van der Waals surface area contributed by atoms with Crippen molar-refractivity contribution in [3.05, 3.63) is 23.5 Å². The molecule has 0 saturated heterocycles. The number of halogens is 1. The van der Waals surface area contributed by atoms with E-state index in [2.05, 4.69) is 0 Å². The molecule has 0 radical (unpaired) electrons. The van der Waals surface area contributed by atoms with Gasteiger partial charge in [0.05, 0.1) is 0 Å². The molecule has 18 heavy (non-hydrogen) atoms. The molecule has 1 fully saturated rings. The van der Waals surface area contributed by atoms with Gasteiger partial charge in [0.25, 0.3) is 0 Å². The zero-order valence-electron chi connectivity index (χ0n) is 10.1. The van der Waals surface area contributed by atoms with Gasteiger partial charge in [0.15, 0.2) is 15.7 Å². The monoisotopic (exact) mass is 273 g/mol. The summed E-state index contributed by atoms with van der Waals surface area (Å²) < 4.78 is 37.3. The Morgan fingerprint density at radius 1 is 1.33 bits per heavy atom. The average molecular weight is 273 g/mol. The van der Waals surface area contributed by atoms with E-state index in [4.69, 9.17) is 5.73 Å². The summed E-state index contributed by atoms with van der Waals surface area (Å²) >= 11 is 0. The Kier molecular flexibility index (Phi) is 3.11. The molecule has 2 rings (SSSR count). The van der Waals surface area contributed by atoms with E-state index < -0.39 is 31.8 Å². The Hall–Kier alpha value is -1.14. The molecule has 1 aliphatic carbocycles. The SMILES string of the molecule is CS(=O)(=O)c1c(O)ccc(C2(N)CCCC2)c1F. The van der Waals surface area contributed by atoms with Crippen molar-refractivity contribution >= 4 is 9.84 Å². The van der Waals surface area contributed by atoms with Gasteiger partial charge >= 0.3 is 0 Å². The summed E-state index contributed by atoms with van der Waals surface area (Å²) in [5.74, 6) is -1.48. The summed E-state index contributed by atoms with van der Waals surface area (Å²) in [6, 6.07) is 2.58. The molecule has 6 heteroatoms. The number of nitrogens with two attached hydrogens (primary N) is 1. The number of sulfone groups is 1. The molecule has 0 aromatic heterocycles. The first kappa shape index (κ1) is 13.3. The van der Waals surface area contributed by atoms with Crippen LogP contribution in [0.3, 0.4) is 0 Å². The summed E-state index contributed by atoms with van der Waals surface area (Å²) in [6.45, 7) is 0. The van der Waals surface area contributed by atoms with E-state index in [-0.39, 0.29) is 5.56 Å². The van der Waals surface area contributed by atoms with Gasteiger partial charge in [-0.3, -0.25) is 0 Å². The Labute approximate surface area is 106 Å². The van der Waals surface area contributed by atoms with Crippen molar-refractivity contribution in [2.75, 3.05) is 6.26 Å². The minimum absolute atomic E-state index is 0.179. The van der Waals surface area contributed by atoms with Crippen molar-refractivity contribution in [2.24, 2.45) is 5.73 Å². The molecular weight excluding hydrogens is 257 g/mol. The Bertz CT molecular complexity index is 577. The molecule has 100 valence electrons. The fraction of sp³-hybridized carbons (Fsp3) is 0.500. The normalized spacial score (nSPS) is 19.1. The van der Waals surface area contributed by atoms with Crippen molar-refractivity contribution in [1.82, 2.24) is 0 Å². The molecule has 0 aliphatic heterocycles. The summed E-state index contributed by atoms with van der Waals surface area (Å²) in [5.41, 5.74) is 5.48. The number of aromatic hydroxyl groups is 1. The van der Waals surface area contributed by atoms with Crippen LogP contribution in [-0.2, 0) is 15.4 Å². The number of hydrogen-bond acceptors (Lipinski definition) is 4. The minimum atomic E-state index is -3.82. The maximum Gasteiger partial charge on any atom is 0.182 e. The number of hydrogen-bond donors (Lipinski definition) is 2. The zero-order valence-corrected chi connectivity index (χ0v) is 10.9. The molecule has 0 amide bonds. The lowest BCUT2D eigenvalue weighted by Gasteiger charge is -2.25. The second-order valence-corrected chi connectivity index (χ2v) is 6.86. The zero-order chi connectivity index (χ0) is 13.6. The maximum atomic E-state index is 14.3. The highest BCUT2D eigenvalue weighted by Crippen LogP contribution is 2.40. The van der Waals surface area contributed by atoms with Crippen LogP contribution in [0.25, 0.3) is 0 Å². The van der Waals surface area contributed by atoms with Crippen molar-refractivity contribution < 1.29 is 17.9 Å². The predicted molar refractivity (Wildman–Crippen MR) is 65.5 cm³/mol. The van der Waals surface area contributed by atoms with Gasteiger partial charge in [-0.2, -0.15) is 0 Å². The van der Waals surface area contributed by atoms with E-state index in [0.717, 1.165) is 19.1 Å². The number of benzene rings is 1. The molecule has 1 saturated carbocycles. The predicted octanol–water partition coefficient (Wildman–Crippen LogP) is 1.66. The quantitative estimate of drug-likeness (QED) is 0.858. The summed E-state index contributed by atoms with van der Waals surface area (Å²) in [6.07, 6.45) is 3.90. The molecule has 0 spiro atoms. The van der Waals surface area contributed by atoms with Crippen molar-refractivity contribution in [1.29, 1.82) is 0 Å². The lowest BCUT2D eigenvalue weighted by atomic mass is 9.89. The van der Waals surface area contributed by atoms with Gasteiger partial charge in [-0.05, 0) is 18.9 Å². The van der Waals surface area contributed by atoms with E-state index in [1.54, 1.807) is 0 Å². The van der Waals surface area contributed by atoms with Gasteiger partial charge < -0.3 is 10.8 Å². The molecule has 0 unspecified atom stereocenters. The van der Waals surface area contributed by atoms with E-state index in [1.807, 2.05) is 0 Å². The van der Waals surface area contributed by atoms with Crippen LogP contribution in [0.4, 0.5) is 4.39 Å². The van der Waals surface area contributed by atoms with Gasteiger partial charge in [0, 0.05) is 17.4 Å². The highest BCUT2D eigenvalue weighted by molar-refractivity contribution is 7.90. The highest BCUT2D eigenvalue weighted by atomic mass is 32.2. The first-order valence-electron chi connectivity index (χ1n) is 5.76. The molecule has 1 aromatic rings. The maximum absolute atomic E-state index is 14.3. The van der Waals surface area contributed by atoms with Crippen molar-refractivity contribution in [3.63, 3.8) is 0 Å². The number of phenols is 1. The lowest BCUT2D eigenvalue weighted by Crippen LogP contribution is -2.34. The molecule has 0 atom stereocenters. The third kappa shape index (κ3) is 2.10. The average Bonchev–Trinajstić information content (AvgIpc) is 2.63. The fourth-order valence-electron chi connectivity index (χ4n) is 2.56. The van der Waals surface area contributed by atoms with Crippen LogP contribution in [0, 0.1) is 5.82 Å². The topological polar surface area (TPSA) is 80.4 Å². The van der Waals surface area contributed by atoms with Crippen LogP contribution in [0.15, 0.2) is 17.0 Å². The summed E-state index contributed by atoms with van der Waals surface area (Å²) in [5, 5.41) is 9.52. The van der Waals surface area contributed by atoms with Crippen LogP contribution in [0.5, 0.6) is 5.75 Å². The number of phenolic OH excluding ortho intramolecular Hbond substituents is 1. The Morgan fingerprint density at radius 3 is 2.39 bits per heavy atom. The summed E-state index contributed by atoms with van der Waals surface area (Å²) in [4.78, 5) is -0.656. The molecule has 0 heterocycles. The van der Waals surface area contributed by atoms with E-state index in [9.17, 15) is 17.9 Å². The minimum Gasteiger partial charge on any atom is -0.506 e. The molecule has 3 N–H and O–H groups in total. The van der Waals surface area contributed by atoms with Gasteiger partial charge in [-0.1, -0.05) is 18.9 Å². The van der Waals surface area contributed by atoms with Gasteiger partial charge in [0.2, 0.25) is 0 Å². The highest BCUT2D eigenvalue weighted by Gasteiger charge is 2.36. The first-order valence-corrected chi connectivity index (χ1v) is 7.66. The van der Waals surface area contributed by atoms with Gasteiger partial charge in [-0.25, -0.2) is 12.8 Å². The first-order chi connectivity index (χ1) is 8.26. The Balaban J connectivity index is 2.65. The van der Waals surface area contributed by atoms with Crippen LogP contribution < -0.4 is 5.73 Å². The molecule has 4 nitrogen and oxygen atoms in total. The van der Waals surface area contributed by atoms with Gasteiger partial charge in [-0.15, -0.1) is 0 Å². The van der Waals surface area contributed by atoms with Crippen LogP contribution in [0.1, 0.15) is 31.2 Å². The largest absolute Gasteiger partial charge is 0.506 e. The van der Waals surface area contributed by atoms with Crippen molar-refractivity contribution in [2.45, 2.75) is 36.1 Å². The number of rotatable bonds is 2. The van der Waals surface area contributed by atoms with Crippen LogP contribution in [-0.4, -0.2) is 19.8 Å². The lowest BCUT2D eigenvalue weighted by molar-refractivity contribution is 0.408. The van der Waals surface area contributed by atoms with Crippen LogP contribution >= 0.6 is 0 Å². The van der Waals surface area contributed by atoms with E-state index >= 15 is 0 Å². The standard InChI is InChI=1S/C12H16FNO3S/c1-18(16,17)11-9(15)5-4-8(10(11)13)12(14)6-2-3-7-12/h4-5,15H,2-3,6-7,14H2,1H3. The second-order valence-electron chi connectivity index (χ2n) is 4.91. The second kappa shape index (κ2) is 4.20. The molecule has 1 aliphatic rings. The van der Waals surface area contributed by atoms with Gasteiger partial charge in [0.1, 0.15) is 10.6 Å². The van der Waals surface area contributed by atoms with E-state index in [0.29, 0.717) is 12.8 Å². The van der Waals surface area contributed by atoms with Crippen LogP contribution in [0.2, 0.25) is 0 Å². The van der Waals surface area contributed by atoms with E-state index in [1.165, 1.54) is 12.1 Å². The van der Waals surface area contributed by atoms with Crippen molar-refractivity contribution in [3.8, 4) is 5.75 Å². The molecule has 0 bridgehead atoms. The third-order valence-electron chi connectivity index (χ3n) is 3.48. The third-order valence-corrected chi connectivity index (χ3v) is 4.61. The molecule has 1 aromatic carbocycles. The Morgan fingerprint density at radius 2 is 1.89 bits per heavy atom. The molecular formula is C12H16FNO3S. The fourth-order valence-corrected chi connectivity index (χ4v) is 3.44. The summed E-state index contributed by atoms with van der Waals surface area (Å²) in [7, 11) is -3.82.